The molecule has 0 spiro atoms. The molecular weight excluding hydrogens is 268 g/mol. The molecule has 0 saturated carbocycles. The molecule has 20 heavy (non-hydrogen) atoms. The molecule has 0 radical (unpaired) electrons. The number of benzene rings is 1. The molecule has 3 aromatic rings. The average Bonchev–Trinajstić information content (AvgIpc) is 2.80. The Morgan fingerprint density at radius 1 is 1.15 bits per heavy atom. The summed E-state index contributed by atoms with van der Waals surface area (Å²) in [6.07, 6.45) is 3.70. The fraction of sp³-hybridized carbons (Fsp3) is 0.133. The van der Waals surface area contributed by atoms with Crippen molar-refractivity contribution in [1.82, 2.24) is 19.7 Å². The van der Waals surface area contributed by atoms with Gasteiger partial charge in [-0.15, -0.1) is 23.4 Å². The molecule has 0 bridgehead atoms. The summed E-state index contributed by atoms with van der Waals surface area (Å²) >= 11 is 1.53. The predicted octanol–water partition coefficient (Wildman–Crippen LogP) is 3.44. The van der Waals surface area contributed by atoms with Crippen LogP contribution in [0.15, 0.2) is 54.7 Å². The van der Waals surface area contributed by atoms with Gasteiger partial charge in [-0.25, -0.2) is 4.98 Å². The van der Waals surface area contributed by atoms with E-state index in [4.69, 9.17) is 0 Å². The number of para-hydroxylation sites is 1. The van der Waals surface area contributed by atoms with Gasteiger partial charge in [-0.3, -0.25) is 0 Å². The van der Waals surface area contributed by atoms with Gasteiger partial charge in [0.2, 0.25) is 5.16 Å². The molecule has 5 heteroatoms. The molecule has 3 rings (SSSR count). The second-order valence-electron chi connectivity index (χ2n) is 4.28. The van der Waals surface area contributed by atoms with E-state index in [-0.39, 0.29) is 0 Å². The molecule has 4 nitrogen and oxygen atoms in total. The average molecular weight is 282 g/mol. The normalized spacial score (nSPS) is 11.0. The summed E-state index contributed by atoms with van der Waals surface area (Å²) in [5, 5.41) is 10.3. The van der Waals surface area contributed by atoms with Gasteiger partial charge in [0.25, 0.3) is 0 Å². The first kappa shape index (κ1) is 12.9. The highest BCUT2D eigenvalue weighted by Gasteiger charge is 2.13. The van der Waals surface area contributed by atoms with E-state index in [0.29, 0.717) is 11.7 Å². The lowest BCUT2D eigenvalue weighted by molar-refractivity contribution is 0.828. The van der Waals surface area contributed by atoms with Crippen molar-refractivity contribution in [2.75, 3.05) is 5.75 Å². The highest BCUT2D eigenvalue weighted by molar-refractivity contribution is 7.99. The lowest BCUT2D eigenvalue weighted by Crippen LogP contribution is -1.99. The van der Waals surface area contributed by atoms with Crippen LogP contribution < -0.4 is 0 Å². The third-order valence-corrected chi connectivity index (χ3v) is 3.83. The number of hydrogen-bond acceptors (Lipinski definition) is 4. The van der Waals surface area contributed by atoms with E-state index in [9.17, 15) is 0 Å². The third kappa shape index (κ3) is 2.10. The molecule has 0 aliphatic carbocycles. The SMILES string of the molecule is C=CCSc1nnc2c3ccccc3n(CC=C)c2n1. The summed E-state index contributed by atoms with van der Waals surface area (Å²) in [7, 11) is 0. The molecule has 100 valence electrons. The van der Waals surface area contributed by atoms with Crippen molar-refractivity contribution < 1.29 is 0 Å². The zero-order chi connectivity index (χ0) is 13.9. The van der Waals surface area contributed by atoms with Crippen LogP contribution in [0.4, 0.5) is 0 Å². The van der Waals surface area contributed by atoms with Crippen molar-refractivity contribution in [2.24, 2.45) is 0 Å². The minimum atomic E-state index is 0.672. The minimum absolute atomic E-state index is 0.672. The van der Waals surface area contributed by atoms with Crippen LogP contribution in [0.5, 0.6) is 0 Å². The van der Waals surface area contributed by atoms with Crippen molar-refractivity contribution >= 4 is 33.8 Å². The Labute approximate surface area is 121 Å². The summed E-state index contributed by atoms with van der Waals surface area (Å²) < 4.78 is 2.12. The number of aromatic nitrogens is 4. The molecule has 0 unspecified atom stereocenters. The smallest absolute Gasteiger partial charge is 0.211 e. The highest BCUT2D eigenvalue weighted by atomic mass is 32.2. The Hall–Kier alpha value is -2.14. The van der Waals surface area contributed by atoms with Gasteiger partial charge in [-0.05, 0) is 6.07 Å². The van der Waals surface area contributed by atoms with Crippen LogP contribution in [0.2, 0.25) is 0 Å². The Morgan fingerprint density at radius 2 is 2.00 bits per heavy atom. The molecule has 0 saturated heterocycles. The summed E-state index contributed by atoms with van der Waals surface area (Å²) in [6, 6.07) is 8.13. The molecule has 0 aliphatic rings. The Morgan fingerprint density at radius 3 is 2.80 bits per heavy atom. The van der Waals surface area contributed by atoms with Gasteiger partial charge >= 0.3 is 0 Å². The maximum Gasteiger partial charge on any atom is 0.211 e. The van der Waals surface area contributed by atoms with Gasteiger partial charge in [0.15, 0.2) is 5.65 Å². The molecule has 2 heterocycles. The molecule has 1 aromatic carbocycles. The zero-order valence-electron chi connectivity index (χ0n) is 11.0. The first-order chi connectivity index (χ1) is 9.85. The van der Waals surface area contributed by atoms with E-state index >= 15 is 0 Å². The van der Waals surface area contributed by atoms with Gasteiger partial charge in [0.05, 0.1) is 5.52 Å². The Bertz CT molecular complexity index is 791. The molecular formula is C15H14N4S. The number of hydrogen-bond donors (Lipinski definition) is 0. The van der Waals surface area contributed by atoms with Crippen molar-refractivity contribution in [3.63, 3.8) is 0 Å². The van der Waals surface area contributed by atoms with Crippen LogP contribution in [0, 0.1) is 0 Å². The van der Waals surface area contributed by atoms with Crippen LogP contribution in [0.3, 0.4) is 0 Å². The van der Waals surface area contributed by atoms with Crippen LogP contribution in [0.25, 0.3) is 22.1 Å². The van der Waals surface area contributed by atoms with Gasteiger partial charge in [-0.1, -0.05) is 42.1 Å². The van der Waals surface area contributed by atoms with Gasteiger partial charge in [-0.2, -0.15) is 0 Å². The second kappa shape index (κ2) is 5.46. The molecule has 0 fully saturated rings. The first-order valence-electron chi connectivity index (χ1n) is 6.31. The molecule has 0 N–H and O–H groups in total. The number of nitrogens with zero attached hydrogens (tertiary/aromatic N) is 4. The summed E-state index contributed by atoms with van der Waals surface area (Å²) in [5.74, 6) is 0.773. The topological polar surface area (TPSA) is 43.6 Å². The van der Waals surface area contributed by atoms with E-state index < -0.39 is 0 Å². The zero-order valence-corrected chi connectivity index (χ0v) is 11.8. The van der Waals surface area contributed by atoms with Crippen LogP contribution in [0.1, 0.15) is 0 Å². The van der Waals surface area contributed by atoms with E-state index in [1.807, 2.05) is 30.4 Å². The standard InChI is InChI=1S/C15H14N4S/c1-3-9-19-12-8-6-5-7-11(12)13-14(19)16-15(18-17-13)20-10-4-2/h3-8H,1-2,9-10H2. The summed E-state index contributed by atoms with van der Waals surface area (Å²) in [6.45, 7) is 8.23. The van der Waals surface area contributed by atoms with Crippen molar-refractivity contribution in [2.45, 2.75) is 11.7 Å². The molecule has 0 atom stereocenters. The maximum atomic E-state index is 4.63. The largest absolute Gasteiger partial charge is 0.320 e. The number of thioether (sulfide) groups is 1. The van der Waals surface area contributed by atoms with E-state index in [1.54, 1.807) is 0 Å². The maximum absolute atomic E-state index is 4.63. The van der Waals surface area contributed by atoms with E-state index in [1.165, 1.54) is 11.8 Å². The molecule has 0 aliphatic heterocycles. The first-order valence-corrected chi connectivity index (χ1v) is 7.30. The van der Waals surface area contributed by atoms with Crippen LogP contribution in [-0.2, 0) is 6.54 Å². The van der Waals surface area contributed by atoms with Crippen molar-refractivity contribution in [3.8, 4) is 0 Å². The molecule has 0 amide bonds. The summed E-state index contributed by atoms with van der Waals surface area (Å²) in [4.78, 5) is 4.63. The van der Waals surface area contributed by atoms with Gasteiger partial charge < -0.3 is 4.57 Å². The number of allylic oxidation sites excluding steroid dienone is 1. The quantitative estimate of drug-likeness (QED) is 0.531. The second-order valence-corrected chi connectivity index (χ2v) is 5.27. The summed E-state index contributed by atoms with van der Waals surface area (Å²) in [5.41, 5.74) is 2.80. The van der Waals surface area contributed by atoms with Crippen LogP contribution in [-0.4, -0.2) is 25.5 Å². The van der Waals surface area contributed by atoms with Gasteiger partial charge in [0, 0.05) is 17.7 Å². The van der Waals surface area contributed by atoms with Crippen molar-refractivity contribution in [1.29, 1.82) is 0 Å². The number of rotatable bonds is 5. The van der Waals surface area contributed by atoms with Gasteiger partial charge in [0.1, 0.15) is 5.52 Å². The third-order valence-electron chi connectivity index (χ3n) is 3.00. The van der Waals surface area contributed by atoms with Crippen molar-refractivity contribution in [3.05, 3.63) is 49.6 Å². The predicted molar refractivity (Wildman–Crippen MR) is 83.9 cm³/mol. The van der Waals surface area contributed by atoms with Crippen LogP contribution >= 0.6 is 11.8 Å². The van der Waals surface area contributed by atoms with E-state index in [0.717, 1.165) is 27.8 Å². The Kier molecular flexibility index (Phi) is 3.52. The lowest BCUT2D eigenvalue weighted by atomic mass is 10.2. The Balaban J connectivity index is 2.26. The highest BCUT2D eigenvalue weighted by Crippen LogP contribution is 2.27. The minimum Gasteiger partial charge on any atom is -0.320 e. The number of fused-ring (bicyclic) bond motifs is 3. The monoisotopic (exact) mass is 282 g/mol. The fourth-order valence-electron chi connectivity index (χ4n) is 2.20. The van der Waals surface area contributed by atoms with E-state index in [2.05, 4.69) is 39.0 Å². The fourth-order valence-corrected chi connectivity index (χ4v) is 2.71. The lowest BCUT2D eigenvalue weighted by Gasteiger charge is -2.02. The molecule has 2 aromatic heterocycles.